The van der Waals surface area contributed by atoms with Crippen molar-refractivity contribution >= 4 is 46.6 Å². The van der Waals surface area contributed by atoms with Gasteiger partial charge in [-0.15, -0.1) is 10.2 Å². The van der Waals surface area contributed by atoms with Crippen molar-refractivity contribution < 1.29 is 13.9 Å². The van der Waals surface area contributed by atoms with E-state index in [1.807, 2.05) is 0 Å². The van der Waals surface area contributed by atoms with Gasteiger partial charge in [0.05, 0.1) is 15.8 Å². The Morgan fingerprint density at radius 3 is 2.64 bits per heavy atom. The molecule has 6 nitrogen and oxygen atoms in total. The average molecular weight is 441 g/mol. The van der Waals surface area contributed by atoms with Gasteiger partial charge in [0, 0.05) is 12.7 Å². The molecule has 0 atom stereocenters. The molecule has 1 amide bonds. The van der Waals surface area contributed by atoms with Crippen LogP contribution in [-0.4, -0.2) is 26.4 Å². The first-order valence-electron chi connectivity index (χ1n) is 8.06. The minimum atomic E-state index is -0.330. The molecule has 1 N–H and O–H groups in total. The molecule has 3 rings (SSSR count). The van der Waals surface area contributed by atoms with Crippen LogP contribution in [0.15, 0.2) is 47.6 Å². The number of thioether (sulfide) groups is 1. The molecule has 0 spiro atoms. The van der Waals surface area contributed by atoms with Crippen molar-refractivity contribution in [3.63, 3.8) is 0 Å². The number of rotatable bonds is 7. The lowest BCUT2D eigenvalue weighted by molar-refractivity contribution is -0.113. The standard InChI is InChI=1S/C18H15Cl2FN4O2S/c1-25-16(9-27-13-5-2-11(21)3-6-13)23-24-18(25)28-10-17(26)22-12-4-7-14(19)15(20)8-12/h2-8H,9-10H2,1H3,(H,22,26). The molecule has 10 heteroatoms. The number of nitrogens with zero attached hydrogens (tertiary/aromatic N) is 3. The zero-order valence-corrected chi connectivity index (χ0v) is 17.0. The van der Waals surface area contributed by atoms with Crippen molar-refractivity contribution in [1.29, 1.82) is 0 Å². The highest BCUT2D eigenvalue weighted by atomic mass is 35.5. The highest BCUT2D eigenvalue weighted by molar-refractivity contribution is 7.99. The number of carbonyl (C=O) groups is 1. The molecule has 0 aliphatic carbocycles. The van der Waals surface area contributed by atoms with Crippen LogP contribution in [0.2, 0.25) is 10.0 Å². The molecule has 0 fully saturated rings. The summed E-state index contributed by atoms with van der Waals surface area (Å²) in [5, 5.41) is 12.2. The molecule has 0 aliphatic heterocycles. The Morgan fingerprint density at radius 1 is 1.18 bits per heavy atom. The lowest BCUT2D eigenvalue weighted by Crippen LogP contribution is -2.14. The molecule has 0 saturated heterocycles. The third-order valence-corrected chi connectivity index (χ3v) is 5.40. The van der Waals surface area contributed by atoms with Crippen molar-refractivity contribution in [2.75, 3.05) is 11.1 Å². The Balaban J connectivity index is 1.52. The van der Waals surface area contributed by atoms with Crippen LogP contribution >= 0.6 is 35.0 Å². The van der Waals surface area contributed by atoms with E-state index in [0.29, 0.717) is 32.5 Å². The van der Waals surface area contributed by atoms with Crippen molar-refractivity contribution in [2.24, 2.45) is 7.05 Å². The minimum Gasteiger partial charge on any atom is -0.486 e. The van der Waals surface area contributed by atoms with Gasteiger partial charge >= 0.3 is 0 Å². The SMILES string of the molecule is Cn1c(COc2ccc(F)cc2)nnc1SCC(=O)Nc1ccc(Cl)c(Cl)c1. The van der Waals surface area contributed by atoms with Crippen LogP contribution in [0.5, 0.6) is 5.75 Å². The first kappa shape index (κ1) is 20.4. The Morgan fingerprint density at radius 2 is 1.93 bits per heavy atom. The number of anilines is 1. The fourth-order valence-corrected chi connectivity index (χ4v) is 3.20. The monoisotopic (exact) mass is 440 g/mol. The molecule has 0 aliphatic rings. The Bertz CT molecular complexity index is 982. The molecule has 1 aromatic heterocycles. The molecule has 0 unspecified atom stereocenters. The van der Waals surface area contributed by atoms with Gasteiger partial charge < -0.3 is 14.6 Å². The number of ether oxygens (including phenoxy) is 1. The second-order valence-electron chi connectivity index (χ2n) is 5.67. The van der Waals surface area contributed by atoms with E-state index in [4.69, 9.17) is 27.9 Å². The molecule has 0 bridgehead atoms. The average Bonchev–Trinajstić information content (AvgIpc) is 3.02. The van der Waals surface area contributed by atoms with Gasteiger partial charge in [-0.3, -0.25) is 4.79 Å². The Labute approximate surface area is 175 Å². The highest BCUT2D eigenvalue weighted by Gasteiger charge is 2.12. The van der Waals surface area contributed by atoms with Gasteiger partial charge in [-0.25, -0.2) is 4.39 Å². The summed E-state index contributed by atoms with van der Waals surface area (Å²) in [5.74, 6) is 0.709. The fourth-order valence-electron chi connectivity index (χ4n) is 2.18. The zero-order chi connectivity index (χ0) is 20.1. The second kappa shape index (κ2) is 9.27. The summed E-state index contributed by atoms with van der Waals surface area (Å²) in [6.45, 7) is 0.172. The third-order valence-electron chi connectivity index (χ3n) is 3.64. The van der Waals surface area contributed by atoms with Crippen LogP contribution in [0.4, 0.5) is 10.1 Å². The van der Waals surface area contributed by atoms with E-state index in [2.05, 4.69) is 15.5 Å². The number of carbonyl (C=O) groups excluding carboxylic acids is 1. The summed E-state index contributed by atoms with van der Waals surface area (Å²) in [6, 6.07) is 10.6. The normalized spacial score (nSPS) is 10.7. The number of aromatic nitrogens is 3. The van der Waals surface area contributed by atoms with Gasteiger partial charge in [0.1, 0.15) is 18.2 Å². The largest absolute Gasteiger partial charge is 0.486 e. The summed E-state index contributed by atoms with van der Waals surface area (Å²) < 4.78 is 20.2. The van der Waals surface area contributed by atoms with Crippen molar-refractivity contribution in [1.82, 2.24) is 14.8 Å². The van der Waals surface area contributed by atoms with Crippen LogP contribution in [0.3, 0.4) is 0 Å². The van der Waals surface area contributed by atoms with Crippen LogP contribution in [0.25, 0.3) is 0 Å². The fraction of sp³-hybridized carbons (Fsp3) is 0.167. The number of hydrogen-bond acceptors (Lipinski definition) is 5. The summed E-state index contributed by atoms with van der Waals surface area (Å²) in [5.41, 5.74) is 0.561. The molecular formula is C18H15Cl2FN4O2S. The summed E-state index contributed by atoms with van der Waals surface area (Å²) in [7, 11) is 1.78. The van der Waals surface area contributed by atoms with Crippen LogP contribution < -0.4 is 10.1 Å². The lowest BCUT2D eigenvalue weighted by Gasteiger charge is -2.07. The van der Waals surface area contributed by atoms with Crippen LogP contribution in [0.1, 0.15) is 5.82 Å². The van der Waals surface area contributed by atoms with Crippen molar-refractivity contribution in [3.05, 3.63) is 64.2 Å². The molecular weight excluding hydrogens is 426 g/mol. The highest BCUT2D eigenvalue weighted by Crippen LogP contribution is 2.25. The number of halogens is 3. The van der Waals surface area contributed by atoms with Crippen molar-refractivity contribution in [2.45, 2.75) is 11.8 Å². The topological polar surface area (TPSA) is 69.0 Å². The van der Waals surface area contributed by atoms with Gasteiger partial charge in [-0.2, -0.15) is 0 Å². The number of hydrogen-bond donors (Lipinski definition) is 1. The number of benzene rings is 2. The smallest absolute Gasteiger partial charge is 0.234 e. The summed E-state index contributed by atoms with van der Waals surface area (Å²) in [4.78, 5) is 12.1. The molecule has 28 heavy (non-hydrogen) atoms. The van der Waals surface area contributed by atoms with Gasteiger partial charge in [-0.05, 0) is 42.5 Å². The lowest BCUT2D eigenvalue weighted by atomic mass is 10.3. The van der Waals surface area contributed by atoms with Crippen LogP contribution in [0, 0.1) is 5.82 Å². The predicted octanol–water partition coefficient (Wildman–Crippen LogP) is 4.57. The van der Waals surface area contributed by atoms with Gasteiger partial charge in [-0.1, -0.05) is 35.0 Å². The molecule has 146 valence electrons. The maximum Gasteiger partial charge on any atom is 0.234 e. The van der Waals surface area contributed by atoms with Gasteiger partial charge in [0.15, 0.2) is 11.0 Å². The molecule has 3 aromatic rings. The van der Waals surface area contributed by atoms with Gasteiger partial charge in [0.25, 0.3) is 0 Å². The quantitative estimate of drug-likeness (QED) is 0.544. The summed E-state index contributed by atoms with van der Waals surface area (Å²) >= 11 is 13.0. The number of nitrogens with one attached hydrogen (secondary N) is 1. The Hall–Kier alpha value is -2.29. The minimum absolute atomic E-state index is 0.144. The number of amides is 1. The van der Waals surface area contributed by atoms with Crippen molar-refractivity contribution in [3.8, 4) is 5.75 Å². The second-order valence-corrected chi connectivity index (χ2v) is 7.42. The molecule has 1 heterocycles. The van der Waals surface area contributed by atoms with E-state index in [1.54, 1.807) is 29.8 Å². The van der Waals surface area contributed by atoms with E-state index in [1.165, 1.54) is 36.0 Å². The zero-order valence-electron chi connectivity index (χ0n) is 14.7. The van der Waals surface area contributed by atoms with Gasteiger partial charge in [0.2, 0.25) is 5.91 Å². The van der Waals surface area contributed by atoms with Crippen LogP contribution in [-0.2, 0) is 18.4 Å². The summed E-state index contributed by atoms with van der Waals surface area (Å²) in [6.07, 6.45) is 0. The first-order chi connectivity index (χ1) is 13.4. The Kier molecular flexibility index (Phi) is 6.77. The van der Waals surface area contributed by atoms with E-state index < -0.39 is 0 Å². The third kappa shape index (κ3) is 5.37. The van der Waals surface area contributed by atoms with E-state index in [9.17, 15) is 9.18 Å². The maximum atomic E-state index is 12.9. The molecule has 2 aromatic carbocycles. The first-order valence-corrected chi connectivity index (χ1v) is 9.81. The van der Waals surface area contributed by atoms with E-state index >= 15 is 0 Å². The molecule has 0 radical (unpaired) electrons. The van der Waals surface area contributed by atoms with E-state index in [-0.39, 0.29) is 24.1 Å². The van der Waals surface area contributed by atoms with E-state index in [0.717, 1.165) is 0 Å². The molecule has 0 saturated carbocycles. The predicted molar refractivity (Wildman–Crippen MR) is 108 cm³/mol. The maximum absolute atomic E-state index is 12.9.